The number of ether oxygens (including phenoxy) is 1. The van der Waals surface area contributed by atoms with Gasteiger partial charge in [0.25, 0.3) is 0 Å². The number of nitrogens with zero attached hydrogens (tertiary/aromatic N) is 2. The van der Waals surface area contributed by atoms with Gasteiger partial charge in [-0.2, -0.15) is 0 Å². The van der Waals surface area contributed by atoms with Crippen LogP contribution in [-0.4, -0.2) is 48.1 Å². The largest absolute Gasteiger partial charge is 0.373 e. The Hall–Kier alpha value is -2.14. The van der Waals surface area contributed by atoms with Gasteiger partial charge in [-0.1, -0.05) is 24.3 Å². The van der Waals surface area contributed by atoms with Crippen LogP contribution < -0.4 is 4.90 Å². The predicted octanol–water partition coefficient (Wildman–Crippen LogP) is 1.62. The fourth-order valence-electron chi connectivity index (χ4n) is 7.32. The lowest BCUT2D eigenvalue weighted by Crippen LogP contribution is -2.69. The Labute approximate surface area is 151 Å². The molecule has 0 aromatic heterocycles. The summed E-state index contributed by atoms with van der Waals surface area (Å²) in [4.78, 5) is 30.4. The Bertz CT molecular complexity index is 924. The second-order valence-corrected chi connectivity index (χ2v) is 8.75. The number of rotatable bonds is 0. The molecule has 5 nitrogen and oxygen atoms in total. The summed E-state index contributed by atoms with van der Waals surface area (Å²) in [6.45, 7) is 1.32. The first-order chi connectivity index (χ1) is 12.7. The van der Waals surface area contributed by atoms with Crippen molar-refractivity contribution in [2.45, 2.75) is 42.9 Å². The molecule has 0 unspecified atom stereocenters. The van der Waals surface area contributed by atoms with Crippen molar-refractivity contribution in [2.75, 3.05) is 18.1 Å². The van der Waals surface area contributed by atoms with Gasteiger partial charge in [-0.05, 0) is 29.5 Å². The van der Waals surface area contributed by atoms with Crippen LogP contribution in [0.2, 0.25) is 0 Å². The van der Waals surface area contributed by atoms with Gasteiger partial charge in [0.15, 0.2) is 0 Å². The number of carbonyl (C=O) groups is 2. The molecule has 1 saturated carbocycles. The minimum atomic E-state index is -0.248. The first-order valence-corrected chi connectivity index (χ1v) is 9.72. The van der Waals surface area contributed by atoms with Crippen LogP contribution in [0.5, 0.6) is 0 Å². The van der Waals surface area contributed by atoms with E-state index < -0.39 is 0 Å². The molecule has 6 atom stereocenters. The van der Waals surface area contributed by atoms with Crippen LogP contribution >= 0.6 is 0 Å². The number of fused-ring (bicyclic) bond motifs is 2. The molecular weight excluding hydrogens is 328 g/mol. The maximum absolute atomic E-state index is 13.2. The predicted molar refractivity (Wildman–Crippen MR) is 93.5 cm³/mol. The van der Waals surface area contributed by atoms with Crippen LogP contribution in [0.1, 0.15) is 24.8 Å². The van der Waals surface area contributed by atoms with Crippen molar-refractivity contribution in [2.24, 2.45) is 11.8 Å². The molecule has 132 valence electrons. The lowest BCUT2D eigenvalue weighted by atomic mass is 9.53. The van der Waals surface area contributed by atoms with Gasteiger partial charge < -0.3 is 14.5 Å². The second kappa shape index (κ2) is 4.22. The van der Waals surface area contributed by atoms with Gasteiger partial charge in [0.05, 0.1) is 25.2 Å². The summed E-state index contributed by atoms with van der Waals surface area (Å²) in [6.07, 6.45) is 4.19. The molecular formula is C21H20N2O3. The van der Waals surface area contributed by atoms with Crippen LogP contribution in [0, 0.1) is 11.8 Å². The fraction of sp³-hybridized carbons (Fsp3) is 0.524. The number of amides is 2. The van der Waals surface area contributed by atoms with Crippen molar-refractivity contribution >= 4 is 17.5 Å². The Kier molecular flexibility index (Phi) is 2.27. The quantitative estimate of drug-likeness (QED) is 0.670. The molecule has 1 aromatic rings. The van der Waals surface area contributed by atoms with E-state index in [0.29, 0.717) is 31.3 Å². The molecule has 7 rings (SSSR count). The summed E-state index contributed by atoms with van der Waals surface area (Å²) in [5.74, 6) is 1.17. The van der Waals surface area contributed by atoms with E-state index in [0.717, 1.165) is 18.7 Å². The molecule has 1 aliphatic carbocycles. The van der Waals surface area contributed by atoms with E-state index in [2.05, 4.69) is 34.1 Å². The highest BCUT2D eigenvalue weighted by Gasteiger charge is 2.72. The van der Waals surface area contributed by atoms with E-state index >= 15 is 0 Å². The SMILES string of the molecule is O=C1C[C@@]23c4ccccc4N4C(=O)C[C@@H]5OCC=C6CN1[C@@H]2C[C@@H]6[C@@H]5[C@H]43. The zero-order chi connectivity index (χ0) is 17.2. The van der Waals surface area contributed by atoms with Crippen molar-refractivity contribution < 1.29 is 14.3 Å². The van der Waals surface area contributed by atoms with E-state index in [-0.39, 0.29) is 35.4 Å². The van der Waals surface area contributed by atoms with Gasteiger partial charge in [0.2, 0.25) is 11.8 Å². The highest BCUT2D eigenvalue weighted by atomic mass is 16.5. The Morgan fingerprint density at radius 2 is 2.04 bits per heavy atom. The smallest absolute Gasteiger partial charge is 0.229 e. The third-order valence-corrected chi connectivity index (χ3v) is 8.07. The maximum Gasteiger partial charge on any atom is 0.229 e. The van der Waals surface area contributed by atoms with E-state index in [1.165, 1.54) is 11.1 Å². The van der Waals surface area contributed by atoms with Crippen molar-refractivity contribution in [3.05, 3.63) is 41.5 Å². The zero-order valence-electron chi connectivity index (χ0n) is 14.4. The third kappa shape index (κ3) is 1.29. The van der Waals surface area contributed by atoms with Gasteiger partial charge in [-0.3, -0.25) is 9.59 Å². The molecule has 0 N–H and O–H groups in total. The van der Waals surface area contributed by atoms with Gasteiger partial charge in [-0.25, -0.2) is 0 Å². The molecule has 26 heavy (non-hydrogen) atoms. The van der Waals surface area contributed by atoms with E-state index in [9.17, 15) is 9.59 Å². The maximum atomic E-state index is 13.2. The molecule has 2 amide bonds. The molecule has 5 heteroatoms. The van der Waals surface area contributed by atoms with Gasteiger partial charge in [-0.15, -0.1) is 0 Å². The summed E-state index contributed by atoms with van der Waals surface area (Å²) < 4.78 is 6.19. The summed E-state index contributed by atoms with van der Waals surface area (Å²) in [5.41, 5.74) is 3.37. The lowest BCUT2D eigenvalue weighted by Gasteiger charge is -2.58. The minimum absolute atomic E-state index is 0.0168. The molecule has 5 aliphatic heterocycles. The van der Waals surface area contributed by atoms with Crippen LogP contribution in [0.3, 0.4) is 0 Å². The number of piperidine rings is 2. The van der Waals surface area contributed by atoms with Crippen LogP contribution in [0.15, 0.2) is 35.9 Å². The van der Waals surface area contributed by atoms with Gasteiger partial charge >= 0.3 is 0 Å². The Morgan fingerprint density at radius 1 is 1.15 bits per heavy atom. The second-order valence-electron chi connectivity index (χ2n) is 8.75. The normalized spacial score (nSPS) is 44.0. The minimum Gasteiger partial charge on any atom is -0.373 e. The molecule has 1 spiro atoms. The highest BCUT2D eigenvalue weighted by molar-refractivity contribution is 6.00. The summed E-state index contributed by atoms with van der Waals surface area (Å²) in [7, 11) is 0. The number of benzene rings is 1. The molecule has 4 fully saturated rings. The third-order valence-electron chi connectivity index (χ3n) is 8.07. The van der Waals surface area contributed by atoms with Gasteiger partial charge in [0, 0.05) is 36.0 Å². The van der Waals surface area contributed by atoms with E-state index in [1.807, 2.05) is 6.07 Å². The van der Waals surface area contributed by atoms with Crippen molar-refractivity contribution in [1.82, 2.24) is 4.90 Å². The Morgan fingerprint density at radius 3 is 2.96 bits per heavy atom. The summed E-state index contributed by atoms with van der Waals surface area (Å²) in [5, 5.41) is 0. The molecule has 0 radical (unpaired) electrons. The van der Waals surface area contributed by atoms with Crippen molar-refractivity contribution in [3.63, 3.8) is 0 Å². The van der Waals surface area contributed by atoms with E-state index in [4.69, 9.17) is 4.74 Å². The lowest BCUT2D eigenvalue weighted by molar-refractivity contribution is -0.133. The monoisotopic (exact) mass is 348 g/mol. The highest BCUT2D eigenvalue weighted by Crippen LogP contribution is 2.65. The average Bonchev–Trinajstić information content (AvgIpc) is 3.03. The average molecular weight is 348 g/mol. The summed E-state index contributed by atoms with van der Waals surface area (Å²) in [6, 6.07) is 8.59. The van der Waals surface area contributed by atoms with Gasteiger partial charge in [0.1, 0.15) is 0 Å². The molecule has 6 aliphatic rings. The van der Waals surface area contributed by atoms with Crippen molar-refractivity contribution in [3.8, 4) is 0 Å². The number of para-hydroxylation sites is 1. The number of hydrogen-bond donors (Lipinski definition) is 0. The number of hydrogen-bond acceptors (Lipinski definition) is 3. The zero-order valence-corrected chi connectivity index (χ0v) is 14.4. The molecule has 5 heterocycles. The number of anilines is 1. The molecule has 1 aromatic carbocycles. The van der Waals surface area contributed by atoms with Crippen molar-refractivity contribution in [1.29, 1.82) is 0 Å². The first kappa shape index (κ1) is 14.0. The van der Waals surface area contributed by atoms with Crippen LogP contribution in [0.4, 0.5) is 5.69 Å². The Balaban J connectivity index is 1.57. The summed E-state index contributed by atoms with van der Waals surface area (Å²) >= 11 is 0. The van der Waals surface area contributed by atoms with E-state index in [1.54, 1.807) is 0 Å². The fourth-order valence-corrected chi connectivity index (χ4v) is 7.32. The standard InChI is InChI=1S/C21H20N2O3/c24-17-8-15-19-12-7-16-21(9-18(25)22(16)10-11(12)5-6-26-15)13-3-1-2-4-14(13)23(17)20(19)21/h1-5,12,15-16,19-20H,6-10H2/t12-,15-,16+,19-,20-,21+/m0/s1. The first-order valence-electron chi connectivity index (χ1n) is 9.72. The van der Waals surface area contributed by atoms with Crippen LogP contribution in [0.25, 0.3) is 0 Å². The van der Waals surface area contributed by atoms with Crippen LogP contribution in [-0.2, 0) is 19.7 Å². The molecule has 2 bridgehead atoms. The number of carbonyl (C=O) groups excluding carboxylic acids is 2. The molecule has 3 saturated heterocycles. The topological polar surface area (TPSA) is 49.9 Å².